The molecule has 0 atom stereocenters. The molecule has 1 aromatic carbocycles. The number of nitrogens with zero attached hydrogens (tertiary/aromatic N) is 1. The molecule has 0 aliphatic carbocycles. The van der Waals surface area contributed by atoms with Crippen molar-refractivity contribution in [1.29, 1.82) is 0 Å². The zero-order valence-electron chi connectivity index (χ0n) is 11.6. The summed E-state index contributed by atoms with van der Waals surface area (Å²) < 4.78 is 41.6. The maximum absolute atomic E-state index is 12.2. The molecule has 0 radical (unpaired) electrons. The molecule has 118 valence electrons. The third-order valence-corrected chi connectivity index (χ3v) is 3.72. The third-order valence-electron chi connectivity index (χ3n) is 2.63. The fraction of sp³-hybridized carbons (Fsp3) is 0.286. The van der Waals surface area contributed by atoms with E-state index in [0.29, 0.717) is 16.4 Å². The van der Waals surface area contributed by atoms with Crippen molar-refractivity contribution in [3.63, 3.8) is 0 Å². The van der Waals surface area contributed by atoms with Crippen LogP contribution in [0.1, 0.15) is 21.8 Å². The molecule has 4 nitrogen and oxygen atoms in total. The smallest absolute Gasteiger partial charge is 0.360 e. The Morgan fingerprint density at radius 1 is 1.36 bits per heavy atom. The summed E-state index contributed by atoms with van der Waals surface area (Å²) in [7, 11) is 0. The molecule has 0 fully saturated rings. The van der Waals surface area contributed by atoms with Crippen LogP contribution in [0.5, 0.6) is 0 Å². The Bertz CT molecular complexity index is 656. The number of rotatable bonds is 5. The van der Waals surface area contributed by atoms with Crippen molar-refractivity contribution in [3.8, 4) is 0 Å². The third kappa shape index (κ3) is 4.80. The van der Waals surface area contributed by atoms with E-state index in [1.54, 1.807) is 31.2 Å². The molecule has 0 aliphatic rings. The predicted octanol–water partition coefficient (Wildman–Crippen LogP) is 3.57. The lowest BCUT2D eigenvalue weighted by Crippen LogP contribution is -2.33. The van der Waals surface area contributed by atoms with Gasteiger partial charge in [-0.25, -0.2) is 0 Å². The number of benzene rings is 1. The van der Waals surface area contributed by atoms with Crippen LogP contribution in [0.25, 0.3) is 0 Å². The Balaban J connectivity index is 2.04. The average molecular weight is 330 g/mol. The minimum atomic E-state index is -4.44. The van der Waals surface area contributed by atoms with E-state index in [9.17, 15) is 18.0 Å². The van der Waals surface area contributed by atoms with Crippen LogP contribution in [-0.4, -0.2) is 23.8 Å². The van der Waals surface area contributed by atoms with Crippen molar-refractivity contribution in [2.75, 3.05) is 6.54 Å². The maximum Gasteiger partial charge on any atom is 0.405 e. The number of carbonyl (C=O) groups is 1. The van der Waals surface area contributed by atoms with Gasteiger partial charge < -0.3 is 9.84 Å². The molecule has 0 saturated carbocycles. The molecule has 2 aromatic rings. The normalized spacial score (nSPS) is 11.5. The van der Waals surface area contributed by atoms with Gasteiger partial charge in [0.15, 0.2) is 0 Å². The number of hydrogen-bond donors (Lipinski definition) is 1. The van der Waals surface area contributed by atoms with E-state index in [4.69, 9.17) is 4.52 Å². The van der Waals surface area contributed by atoms with Gasteiger partial charge in [-0.1, -0.05) is 17.3 Å². The van der Waals surface area contributed by atoms with E-state index < -0.39 is 18.6 Å². The van der Waals surface area contributed by atoms with Crippen LogP contribution >= 0.6 is 11.8 Å². The van der Waals surface area contributed by atoms with Crippen molar-refractivity contribution in [3.05, 3.63) is 47.3 Å². The van der Waals surface area contributed by atoms with Crippen molar-refractivity contribution in [2.45, 2.75) is 23.7 Å². The Labute approximate surface area is 129 Å². The molecule has 2 rings (SSSR count). The second kappa shape index (κ2) is 6.87. The van der Waals surface area contributed by atoms with Crippen LogP contribution in [0.15, 0.2) is 39.8 Å². The first-order valence-corrected chi connectivity index (χ1v) is 7.33. The van der Waals surface area contributed by atoms with Gasteiger partial charge in [0.05, 0.1) is 17.0 Å². The van der Waals surface area contributed by atoms with Crippen LogP contribution in [0.2, 0.25) is 0 Å². The molecule has 1 N–H and O–H groups in total. The van der Waals surface area contributed by atoms with E-state index in [-0.39, 0.29) is 5.56 Å². The Morgan fingerprint density at radius 2 is 2.09 bits per heavy atom. The number of aromatic nitrogens is 1. The van der Waals surface area contributed by atoms with Crippen LogP contribution in [0, 0.1) is 6.92 Å². The summed E-state index contributed by atoms with van der Waals surface area (Å²) in [6, 6.07) is 8.25. The Hall–Kier alpha value is -1.96. The second-order valence-corrected chi connectivity index (χ2v) is 5.53. The molecule has 1 heterocycles. The number of carbonyl (C=O) groups excluding carboxylic acids is 1. The summed E-state index contributed by atoms with van der Waals surface area (Å²) in [6.07, 6.45) is -4.44. The van der Waals surface area contributed by atoms with Gasteiger partial charge in [-0.2, -0.15) is 13.2 Å². The van der Waals surface area contributed by atoms with E-state index in [1.807, 2.05) is 5.32 Å². The van der Waals surface area contributed by atoms with Crippen molar-refractivity contribution in [1.82, 2.24) is 10.5 Å². The van der Waals surface area contributed by atoms with Crippen molar-refractivity contribution < 1.29 is 22.5 Å². The standard InChI is InChI=1S/C14H13F3N2O2S/c1-9-6-10(21-19-9)7-22-12-5-3-2-4-11(12)13(20)18-8-14(15,16)17/h2-6H,7-8H2,1H3,(H,18,20). The summed E-state index contributed by atoms with van der Waals surface area (Å²) in [5, 5.41) is 5.62. The summed E-state index contributed by atoms with van der Waals surface area (Å²) in [5.41, 5.74) is 0.944. The first-order valence-electron chi connectivity index (χ1n) is 6.34. The first kappa shape index (κ1) is 16.4. The minimum absolute atomic E-state index is 0.202. The highest BCUT2D eigenvalue weighted by molar-refractivity contribution is 7.98. The fourth-order valence-electron chi connectivity index (χ4n) is 1.69. The topological polar surface area (TPSA) is 55.1 Å². The zero-order chi connectivity index (χ0) is 16.2. The van der Waals surface area contributed by atoms with E-state index in [0.717, 1.165) is 5.69 Å². The molecule has 22 heavy (non-hydrogen) atoms. The second-order valence-electron chi connectivity index (χ2n) is 4.52. The molecule has 0 spiro atoms. The van der Waals surface area contributed by atoms with Crippen molar-refractivity contribution >= 4 is 17.7 Å². The van der Waals surface area contributed by atoms with Gasteiger partial charge >= 0.3 is 6.18 Å². The fourth-order valence-corrected chi connectivity index (χ4v) is 2.61. The molecule has 0 bridgehead atoms. The minimum Gasteiger partial charge on any atom is -0.360 e. The molecule has 0 aliphatic heterocycles. The average Bonchev–Trinajstić information content (AvgIpc) is 2.88. The number of nitrogens with one attached hydrogen (secondary N) is 1. The van der Waals surface area contributed by atoms with Crippen LogP contribution < -0.4 is 5.32 Å². The molecule has 1 aromatic heterocycles. The van der Waals surface area contributed by atoms with Crippen LogP contribution in [0.3, 0.4) is 0 Å². The molecule has 0 saturated heterocycles. The maximum atomic E-state index is 12.2. The number of halogens is 3. The van der Waals surface area contributed by atoms with Crippen LogP contribution in [-0.2, 0) is 5.75 Å². The predicted molar refractivity (Wildman–Crippen MR) is 75.6 cm³/mol. The lowest BCUT2D eigenvalue weighted by Gasteiger charge is -2.11. The summed E-state index contributed by atoms with van der Waals surface area (Å²) >= 11 is 1.30. The van der Waals surface area contributed by atoms with Crippen LogP contribution in [0.4, 0.5) is 13.2 Å². The highest BCUT2D eigenvalue weighted by Gasteiger charge is 2.28. The van der Waals surface area contributed by atoms with E-state index >= 15 is 0 Å². The van der Waals surface area contributed by atoms with Gasteiger partial charge in [-0.3, -0.25) is 4.79 Å². The molecule has 8 heteroatoms. The monoisotopic (exact) mass is 330 g/mol. The molecule has 0 unspecified atom stereocenters. The highest BCUT2D eigenvalue weighted by Crippen LogP contribution is 2.26. The Morgan fingerprint density at radius 3 is 2.73 bits per heavy atom. The van der Waals surface area contributed by atoms with E-state index in [1.165, 1.54) is 17.8 Å². The summed E-state index contributed by atoms with van der Waals surface area (Å²) in [4.78, 5) is 12.4. The van der Waals surface area contributed by atoms with Gasteiger partial charge in [0.1, 0.15) is 12.3 Å². The first-order chi connectivity index (χ1) is 10.3. The molecular formula is C14H13F3N2O2S. The summed E-state index contributed by atoms with van der Waals surface area (Å²) in [5.74, 6) is 0.312. The number of hydrogen-bond acceptors (Lipinski definition) is 4. The number of aryl methyl sites for hydroxylation is 1. The van der Waals surface area contributed by atoms with Gasteiger partial charge in [0.2, 0.25) is 0 Å². The lowest BCUT2D eigenvalue weighted by molar-refractivity contribution is -0.123. The number of thioether (sulfide) groups is 1. The summed E-state index contributed by atoms with van der Waals surface area (Å²) in [6.45, 7) is 0.433. The quantitative estimate of drug-likeness (QED) is 0.852. The van der Waals surface area contributed by atoms with Gasteiger partial charge in [-0.15, -0.1) is 11.8 Å². The number of amides is 1. The van der Waals surface area contributed by atoms with E-state index in [2.05, 4.69) is 5.16 Å². The zero-order valence-corrected chi connectivity index (χ0v) is 12.4. The van der Waals surface area contributed by atoms with Gasteiger partial charge in [0.25, 0.3) is 5.91 Å². The highest BCUT2D eigenvalue weighted by atomic mass is 32.2. The molecular weight excluding hydrogens is 317 g/mol. The van der Waals surface area contributed by atoms with Crippen molar-refractivity contribution in [2.24, 2.45) is 0 Å². The lowest BCUT2D eigenvalue weighted by atomic mass is 10.2. The largest absolute Gasteiger partial charge is 0.405 e. The SMILES string of the molecule is Cc1cc(CSc2ccccc2C(=O)NCC(F)(F)F)on1. The van der Waals surface area contributed by atoms with Gasteiger partial charge in [0, 0.05) is 11.0 Å². The number of alkyl halides is 3. The molecule has 1 amide bonds. The Kier molecular flexibility index (Phi) is 5.12. The van der Waals surface area contributed by atoms with Gasteiger partial charge in [-0.05, 0) is 19.1 Å².